The Balaban J connectivity index is 0.000000148. The summed E-state index contributed by atoms with van der Waals surface area (Å²) in [4.78, 5) is 0. The second-order valence-electron chi connectivity index (χ2n) is 13.3. The number of benzene rings is 6. The van der Waals surface area contributed by atoms with Crippen LogP contribution in [0.25, 0.3) is 62.6 Å². The van der Waals surface area contributed by atoms with Gasteiger partial charge >= 0.3 is 7.12 Å². The molecule has 0 spiro atoms. The molecule has 1 saturated heterocycles. The molecule has 0 saturated carbocycles. The fourth-order valence-electron chi connectivity index (χ4n) is 6.44. The Morgan fingerprint density at radius 3 is 1.50 bits per heavy atom. The van der Waals surface area contributed by atoms with Gasteiger partial charge in [-0.2, -0.15) is 0 Å². The Morgan fingerprint density at radius 1 is 0.500 bits per heavy atom. The lowest BCUT2D eigenvalue weighted by Crippen LogP contribution is -2.41. The Labute approximate surface area is 298 Å². The minimum absolute atomic E-state index is 0.334. The van der Waals surface area contributed by atoms with Crippen LogP contribution in [0.15, 0.2) is 138 Å². The maximum absolute atomic E-state index is 6.26. The number of rotatable bonds is 3. The van der Waals surface area contributed by atoms with Crippen molar-refractivity contribution in [3.05, 3.63) is 138 Å². The van der Waals surface area contributed by atoms with E-state index >= 15 is 0 Å². The zero-order chi connectivity index (χ0) is 33.0. The fraction of sp³-hybridized carbons (Fsp3) is 0.143. The summed E-state index contributed by atoms with van der Waals surface area (Å²) in [6.45, 7) is 8.37. The van der Waals surface area contributed by atoms with Crippen molar-refractivity contribution in [2.45, 2.75) is 38.9 Å². The highest BCUT2D eigenvalue weighted by Crippen LogP contribution is 2.42. The van der Waals surface area contributed by atoms with Crippen LogP contribution in [0, 0.1) is 0 Å². The van der Waals surface area contributed by atoms with Crippen molar-refractivity contribution in [3.63, 3.8) is 0 Å². The predicted molar refractivity (Wildman–Crippen MR) is 213 cm³/mol. The van der Waals surface area contributed by atoms with Crippen LogP contribution in [-0.4, -0.2) is 18.3 Å². The maximum Gasteiger partial charge on any atom is 0.494 e. The average molecular weight is 726 g/mol. The molecule has 3 heterocycles. The molecule has 9 rings (SSSR count). The van der Waals surface area contributed by atoms with Crippen LogP contribution < -0.4 is 5.46 Å². The van der Waals surface area contributed by atoms with Crippen molar-refractivity contribution >= 4 is 91.5 Å². The Hall–Kier alpha value is -3.78. The van der Waals surface area contributed by atoms with Crippen molar-refractivity contribution in [3.8, 4) is 22.3 Å². The number of hydrogen-bond donors (Lipinski definition) is 0. The van der Waals surface area contributed by atoms with Crippen LogP contribution in [0.5, 0.6) is 0 Å². The molecular weight excluding hydrogens is 691 g/mol. The van der Waals surface area contributed by atoms with E-state index in [0.717, 1.165) is 9.94 Å². The van der Waals surface area contributed by atoms with E-state index < -0.39 is 0 Å². The van der Waals surface area contributed by atoms with E-state index in [1.165, 1.54) is 62.6 Å². The molecule has 0 atom stereocenters. The first-order valence-electron chi connectivity index (χ1n) is 16.2. The lowest BCUT2D eigenvalue weighted by atomic mass is 9.78. The Bertz CT molecular complexity index is 2440. The van der Waals surface area contributed by atoms with Crippen LogP contribution in [0.1, 0.15) is 27.7 Å². The standard InChI is InChI=1S/C24H23BO2S.C18H11BrS/c1-23(2)24(3,4)27-25(26-23)17-10-7-9-16(15-17)18-12-8-13-20-19-11-5-6-14-21(19)28-22(18)20;19-13-6-3-5-12(11-13)14-8-4-9-16-15-7-1-2-10-17(15)20-18(14)16/h5-15H,1-4H3;1-11H. The summed E-state index contributed by atoms with van der Waals surface area (Å²) in [5.74, 6) is 0. The topological polar surface area (TPSA) is 18.5 Å². The molecule has 0 amide bonds. The van der Waals surface area contributed by atoms with Crippen LogP contribution in [-0.2, 0) is 9.31 Å². The third-order valence-electron chi connectivity index (χ3n) is 9.67. The first-order valence-corrected chi connectivity index (χ1v) is 18.6. The fourth-order valence-corrected chi connectivity index (χ4v) is 9.31. The van der Waals surface area contributed by atoms with E-state index in [1.54, 1.807) is 0 Å². The van der Waals surface area contributed by atoms with E-state index in [9.17, 15) is 0 Å². The molecule has 0 radical (unpaired) electrons. The van der Waals surface area contributed by atoms with E-state index in [4.69, 9.17) is 9.31 Å². The smallest absolute Gasteiger partial charge is 0.399 e. The van der Waals surface area contributed by atoms with Gasteiger partial charge in [-0.3, -0.25) is 0 Å². The first-order chi connectivity index (χ1) is 23.2. The van der Waals surface area contributed by atoms with Gasteiger partial charge in [-0.1, -0.05) is 125 Å². The third-order valence-corrected chi connectivity index (χ3v) is 12.6. The predicted octanol–water partition coefficient (Wildman–Crippen LogP) is 12.5. The minimum atomic E-state index is -0.341. The van der Waals surface area contributed by atoms with Gasteiger partial charge in [-0.05, 0) is 79.7 Å². The van der Waals surface area contributed by atoms with Crippen LogP contribution in [0.4, 0.5) is 0 Å². The van der Waals surface area contributed by atoms with E-state index in [2.05, 4.69) is 177 Å². The zero-order valence-electron chi connectivity index (χ0n) is 27.3. The van der Waals surface area contributed by atoms with Gasteiger partial charge in [0.1, 0.15) is 0 Å². The molecule has 0 bridgehead atoms. The van der Waals surface area contributed by atoms with Crippen molar-refractivity contribution in [2.75, 3.05) is 0 Å². The molecule has 236 valence electrons. The molecule has 2 nitrogen and oxygen atoms in total. The number of thiophene rings is 2. The number of fused-ring (bicyclic) bond motifs is 6. The molecular formula is C42H34BBrO2S2. The summed E-state index contributed by atoms with van der Waals surface area (Å²) in [7, 11) is -0.341. The second-order valence-corrected chi connectivity index (χ2v) is 16.3. The van der Waals surface area contributed by atoms with Crippen LogP contribution in [0.2, 0.25) is 0 Å². The van der Waals surface area contributed by atoms with E-state index in [1.807, 2.05) is 22.7 Å². The van der Waals surface area contributed by atoms with Gasteiger partial charge in [0.25, 0.3) is 0 Å². The van der Waals surface area contributed by atoms with Gasteiger partial charge < -0.3 is 9.31 Å². The first kappa shape index (κ1) is 31.5. The summed E-state index contributed by atoms with van der Waals surface area (Å²) in [5.41, 5.74) is 5.43. The molecule has 0 N–H and O–H groups in total. The van der Waals surface area contributed by atoms with Gasteiger partial charge in [0.2, 0.25) is 0 Å². The minimum Gasteiger partial charge on any atom is -0.399 e. The molecule has 1 aliphatic heterocycles. The van der Waals surface area contributed by atoms with Gasteiger partial charge in [0.15, 0.2) is 0 Å². The summed E-state index contributed by atoms with van der Waals surface area (Å²) < 4.78 is 19.0. The summed E-state index contributed by atoms with van der Waals surface area (Å²) in [6.07, 6.45) is 0. The van der Waals surface area contributed by atoms with Crippen LogP contribution >= 0.6 is 38.6 Å². The van der Waals surface area contributed by atoms with Crippen LogP contribution in [0.3, 0.4) is 0 Å². The number of halogens is 1. The molecule has 0 unspecified atom stereocenters. The zero-order valence-corrected chi connectivity index (χ0v) is 30.5. The van der Waals surface area contributed by atoms with Gasteiger partial charge in [0, 0.05) is 44.8 Å². The Kier molecular flexibility index (Phi) is 8.06. The monoisotopic (exact) mass is 724 g/mol. The molecule has 0 aliphatic carbocycles. The highest BCUT2D eigenvalue weighted by Gasteiger charge is 2.51. The van der Waals surface area contributed by atoms with Crippen molar-refractivity contribution in [2.24, 2.45) is 0 Å². The molecule has 8 aromatic rings. The second kappa shape index (κ2) is 12.3. The summed E-state index contributed by atoms with van der Waals surface area (Å²) >= 11 is 7.29. The molecule has 1 aliphatic rings. The highest BCUT2D eigenvalue weighted by atomic mass is 79.9. The van der Waals surface area contributed by atoms with Crippen molar-refractivity contribution < 1.29 is 9.31 Å². The van der Waals surface area contributed by atoms with E-state index in [0.29, 0.717) is 0 Å². The molecule has 1 fully saturated rings. The summed E-state index contributed by atoms with van der Waals surface area (Å²) in [6, 6.07) is 47.5. The average Bonchev–Trinajstić information content (AvgIpc) is 3.73. The Morgan fingerprint density at radius 2 is 0.958 bits per heavy atom. The SMILES string of the molecule is Brc1cccc(-c2cccc3c2sc2ccccc23)c1.CC1(C)OB(c2cccc(-c3cccc4c3sc3ccccc34)c2)OC1(C)C. The molecule has 48 heavy (non-hydrogen) atoms. The lowest BCUT2D eigenvalue weighted by Gasteiger charge is -2.32. The van der Waals surface area contributed by atoms with Gasteiger partial charge in [-0.15, -0.1) is 22.7 Å². The normalized spacial score (nSPS) is 15.3. The van der Waals surface area contributed by atoms with Gasteiger partial charge in [-0.25, -0.2) is 0 Å². The summed E-state index contributed by atoms with van der Waals surface area (Å²) in [5, 5.41) is 5.35. The van der Waals surface area contributed by atoms with Crippen molar-refractivity contribution in [1.82, 2.24) is 0 Å². The number of hydrogen-bond acceptors (Lipinski definition) is 4. The lowest BCUT2D eigenvalue weighted by molar-refractivity contribution is 0.00578. The highest BCUT2D eigenvalue weighted by molar-refractivity contribution is 9.10. The quantitative estimate of drug-likeness (QED) is 0.169. The largest absolute Gasteiger partial charge is 0.494 e. The molecule has 6 heteroatoms. The molecule has 6 aromatic carbocycles. The maximum atomic E-state index is 6.26. The van der Waals surface area contributed by atoms with Gasteiger partial charge in [0.05, 0.1) is 11.2 Å². The third kappa shape index (κ3) is 5.60. The van der Waals surface area contributed by atoms with Crippen molar-refractivity contribution in [1.29, 1.82) is 0 Å². The molecule has 2 aromatic heterocycles. The van der Waals surface area contributed by atoms with E-state index in [-0.39, 0.29) is 18.3 Å².